The fourth-order valence-electron chi connectivity index (χ4n) is 3.25. The first-order valence-electron chi connectivity index (χ1n) is 9.94. The number of amides is 1. The predicted molar refractivity (Wildman–Crippen MR) is 127 cm³/mol. The molecule has 0 heterocycles. The Hall–Kier alpha value is -3.75. The van der Waals surface area contributed by atoms with E-state index in [1.54, 1.807) is 49.6 Å². The van der Waals surface area contributed by atoms with Crippen LogP contribution in [0, 0.1) is 25.2 Å². The molecule has 0 aromatic heterocycles. The smallest absolute Gasteiger partial charge is 0.266 e. The van der Waals surface area contributed by atoms with E-state index in [0.29, 0.717) is 34.4 Å². The number of nitriles is 1. The number of methoxy groups -OCH3 is 1. The summed E-state index contributed by atoms with van der Waals surface area (Å²) in [4.78, 5) is 12.5. The number of ether oxygens (including phenoxy) is 2. The van der Waals surface area contributed by atoms with E-state index in [0.717, 1.165) is 5.56 Å². The predicted octanol–water partition coefficient (Wildman–Crippen LogP) is 6.09. The second-order valence-electron chi connectivity index (χ2n) is 7.33. The summed E-state index contributed by atoms with van der Waals surface area (Å²) in [5.41, 5.74) is 4.58. The molecule has 32 heavy (non-hydrogen) atoms. The minimum atomic E-state index is -0.510. The Morgan fingerprint density at radius 3 is 2.34 bits per heavy atom. The molecular weight excluding hydrogens is 424 g/mol. The number of rotatable bonds is 7. The van der Waals surface area contributed by atoms with Crippen molar-refractivity contribution >= 4 is 29.3 Å². The van der Waals surface area contributed by atoms with E-state index in [9.17, 15) is 10.1 Å². The summed E-state index contributed by atoms with van der Waals surface area (Å²) in [5, 5.41) is 12.7. The highest BCUT2D eigenvalue weighted by molar-refractivity contribution is 6.30. The molecule has 0 atom stereocenters. The van der Waals surface area contributed by atoms with Crippen molar-refractivity contribution in [2.45, 2.75) is 20.5 Å². The molecule has 3 aromatic carbocycles. The summed E-state index contributed by atoms with van der Waals surface area (Å²) in [5.74, 6) is 0.579. The minimum absolute atomic E-state index is 0.0362. The number of aryl methyl sites for hydroxylation is 2. The van der Waals surface area contributed by atoms with Crippen LogP contribution in [0.2, 0.25) is 5.02 Å². The summed E-state index contributed by atoms with van der Waals surface area (Å²) in [6, 6.07) is 20.1. The normalized spacial score (nSPS) is 10.9. The highest BCUT2D eigenvalue weighted by Crippen LogP contribution is 2.30. The molecule has 5 nitrogen and oxygen atoms in total. The van der Waals surface area contributed by atoms with Gasteiger partial charge in [-0.15, -0.1) is 0 Å². The molecule has 0 aliphatic heterocycles. The minimum Gasteiger partial charge on any atom is -0.493 e. The van der Waals surface area contributed by atoms with Gasteiger partial charge in [-0.3, -0.25) is 4.79 Å². The third-order valence-corrected chi connectivity index (χ3v) is 4.89. The van der Waals surface area contributed by atoms with Crippen LogP contribution < -0.4 is 14.8 Å². The van der Waals surface area contributed by atoms with Gasteiger partial charge in [0.05, 0.1) is 7.11 Å². The number of hydrogen-bond acceptors (Lipinski definition) is 4. The van der Waals surface area contributed by atoms with Crippen LogP contribution in [0.15, 0.2) is 66.2 Å². The van der Waals surface area contributed by atoms with Crippen molar-refractivity contribution in [1.82, 2.24) is 0 Å². The van der Waals surface area contributed by atoms with Crippen molar-refractivity contribution in [2.75, 3.05) is 12.4 Å². The summed E-state index contributed by atoms with van der Waals surface area (Å²) in [7, 11) is 1.55. The van der Waals surface area contributed by atoms with E-state index in [2.05, 4.69) is 23.5 Å². The average molecular weight is 447 g/mol. The number of carbonyl (C=O) groups excluding carboxylic acids is 1. The second-order valence-corrected chi connectivity index (χ2v) is 7.76. The molecule has 1 amide bonds. The van der Waals surface area contributed by atoms with Gasteiger partial charge in [-0.05, 0) is 67.4 Å². The summed E-state index contributed by atoms with van der Waals surface area (Å²) in [6.07, 6.45) is 1.50. The molecule has 0 unspecified atom stereocenters. The highest BCUT2D eigenvalue weighted by atomic mass is 35.5. The lowest BCUT2D eigenvalue weighted by atomic mass is 10.1. The van der Waals surface area contributed by atoms with E-state index in [-0.39, 0.29) is 5.57 Å². The van der Waals surface area contributed by atoms with Crippen LogP contribution in [0.5, 0.6) is 11.5 Å². The molecule has 0 saturated carbocycles. The molecular formula is C26H23ClN2O3. The third-order valence-electron chi connectivity index (χ3n) is 4.64. The number of carbonyl (C=O) groups is 1. The van der Waals surface area contributed by atoms with Gasteiger partial charge in [-0.25, -0.2) is 0 Å². The monoisotopic (exact) mass is 446 g/mol. The highest BCUT2D eigenvalue weighted by Gasteiger charge is 2.12. The van der Waals surface area contributed by atoms with Gasteiger partial charge < -0.3 is 14.8 Å². The van der Waals surface area contributed by atoms with Crippen molar-refractivity contribution in [2.24, 2.45) is 0 Å². The second kappa shape index (κ2) is 10.5. The van der Waals surface area contributed by atoms with Crippen LogP contribution in [0.25, 0.3) is 6.08 Å². The first kappa shape index (κ1) is 22.9. The number of hydrogen-bond donors (Lipinski definition) is 1. The van der Waals surface area contributed by atoms with Gasteiger partial charge in [0.2, 0.25) is 0 Å². The maximum Gasteiger partial charge on any atom is 0.266 e. The molecule has 3 rings (SSSR count). The number of benzene rings is 3. The largest absolute Gasteiger partial charge is 0.493 e. The van der Waals surface area contributed by atoms with Gasteiger partial charge in [0.15, 0.2) is 11.5 Å². The Labute approximate surface area is 192 Å². The quantitative estimate of drug-likeness (QED) is 0.352. The van der Waals surface area contributed by atoms with Gasteiger partial charge in [-0.1, -0.05) is 47.0 Å². The van der Waals surface area contributed by atoms with Gasteiger partial charge in [0.25, 0.3) is 5.91 Å². The van der Waals surface area contributed by atoms with Crippen LogP contribution in [-0.4, -0.2) is 13.0 Å². The summed E-state index contributed by atoms with van der Waals surface area (Å²) >= 11 is 5.86. The van der Waals surface area contributed by atoms with Crippen LogP contribution in [0.3, 0.4) is 0 Å². The van der Waals surface area contributed by atoms with Gasteiger partial charge in [-0.2, -0.15) is 5.26 Å². The zero-order valence-corrected chi connectivity index (χ0v) is 18.9. The standard InChI is InChI=1S/C26H23ClN2O3/c1-17-10-18(2)12-20(11-17)16-32-24-9-4-19(14-25(24)31-3)13-21(15-28)26(30)29-23-7-5-22(27)6-8-23/h4-14H,16H2,1-3H3,(H,29,30)/b21-13+. The van der Waals surface area contributed by atoms with E-state index >= 15 is 0 Å². The Kier molecular flexibility index (Phi) is 7.54. The van der Waals surface area contributed by atoms with E-state index < -0.39 is 5.91 Å². The molecule has 162 valence electrons. The number of halogens is 1. The lowest BCUT2D eigenvalue weighted by molar-refractivity contribution is -0.112. The molecule has 0 bridgehead atoms. The Balaban J connectivity index is 1.75. The van der Waals surface area contributed by atoms with E-state index in [4.69, 9.17) is 21.1 Å². The fourth-order valence-corrected chi connectivity index (χ4v) is 3.38. The van der Waals surface area contributed by atoms with Crippen molar-refractivity contribution in [3.8, 4) is 17.6 Å². The van der Waals surface area contributed by atoms with Crippen LogP contribution in [-0.2, 0) is 11.4 Å². The molecule has 0 aliphatic rings. The molecule has 0 aliphatic carbocycles. The lowest BCUT2D eigenvalue weighted by Gasteiger charge is -2.12. The molecule has 3 aromatic rings. The first-order valence-corrected chi connectivity index (χ1v) is 10.3. The van der Waals surface area contributed by atoms with E-state index in [1.807, 2.05) is 19.9 Å². The molecule has 1 N–H and O–H groups in total. The maximum absolute atomic E-state index is 12.5. The number of anilines is 1. The fraction of sp³-hybridized carbons (Fsp3) is 0.154. The summed E-state index contributed by atoms with van der Waals surface area (Å²) in [6.45, 7) is 4.50. The Morgan fingerprint density at radius 2 is 1.72 bits per heavy atom. The molecule has 0 fully saturated rings. The molecule has 6 heteroatoms. The average Bonchev–Trinajstić information content (AvgIpc) is 2.77. The zero-order chi connectivity index (χ0) is 23.1. The van der Waals surface area contributed by atoms with Crippen molar-refractivity contribution in [3.63, 3.8) is 0 Å². The van der Waals surface area contributed by atoms with Gasteiger partial charge >= 0.3 is 0 Å². The summed E-state index contributed by atoms with van der Waals surface area (Å²) < 4.78 is 11.4. The Morgan fingerprint density at radius 1 is 1.03 bits per heavy atom. The van der Waals surface area contributed by atoms with Gasteiger partial charge in [0.1, 0.15) is 18.2 Å². The van der Waals surface area contributed by atoms with Crippen molar-refractivity contribution in [3.05, 3.63) is 93.5 Å². The maximum atomic E-state index is 12.5. The SMILES string of the molecule is COc1cc(/C=C(\C#N)C(=O)Nc2ccc(Cl)cc2)ccc1OCc1cc(C)cc(C)c1. The number of nitrogens with zero attached hydrogens (tertiary/aromatic N) is 1. The van der Waals surface area contributed by atoms with Crippen LogP contribution in [0.1, 0.15) is 22.3 Å². The third kappa shape index (κ3) is 6.13. The van der Waals surface area contributed by atoms with E-state index in [1.165, 1.54) is 17.2 Å². The van der Waals surface area contributed by atoms with Crippen LogP contribution >= 0.6 is 11.6 Å². The lowest BCUT2D eigenvalue weighted by Crippen LogP contribution is -2.13. The molecule has 0 spiro atoms. The van der Waals surface area contributed by atoms with Crippen molar-refractivity contribution in [1.29, 1.82) is 5.26 Å². The molecule has 0 radical (unpaired) electrons. The van der Waals surface area contributed by atoms with Crippen molar-refractivity contribution < 1.29 is 14.3 Å². The first-order chi connectivity index (χ1) is 15.4. The Bertz CT molecular complexity index is 1170. The number of nitrogens with one attached hydrogen (secondary N) is 1. The topological polar surface area (TPSA) is 71.3 Å². The van der Waals surface area contributed by atoms with Gasteiger partial charge in [0, 0.05) is 10.7 Å². The molecule has 0 saturated heterocycles. The van der Waals surface area contributed by atoms with Crippen LogP contribution in [0.4, 0.5) is 5.69 Å². The zero-order valence-electron chi connectivity index (χ0n) is 18.1.